The van der Waals surface area contributed by atoms with Gasteiger partial charge in [-0.2, -0.15) is 0 Å². The van der Waals surface area contributed by atoms with Crippen molar-refractivity contribution in [2.24, 2.45) is 0 Å². The lowest BCUT2D eigenvalue weighted by Crippen LogP contribution is -2.44. The molecule has 1 fully saturated rings. The van der Waals surface area contributed by atoms with Crippen LogP contribution in [0.1, 0.15) is 50.5 Å². The van der Waals surface area contributed by atoms with E-state index in [9.17, 15) is 9.59 Å². The van der Waals surface area contributed by atoms with E-state index < -0.39 is 11.8 Å². The van der Waals surface area contributed by atoms with Gasteiger partial charge in [-0.05, 0) is 31.2 Å². The molecule has 2 amide bonds. The summed E-state index contributed by atoms with van der Waals surface area (Å²) in [4.78, 5) is 23.7. The van der Waals surface area contributed by atoms with Gasteiger partial charge in [0.25, 0.3) is 0 Å². The van der Waals surface area contributed by atoms with E-state index in [0.29, 0.717) is 6.54 Å². The maximum atomic E-state index is 11.9. The van der Waals surface area contributed by atoms with Crippen molar-refractivity contribution < 1.29 is 9.59 Å². The fraction of sp³-hybridized carbons (Fsp3) is 0.556. The smallest absolute Gasteiger partial charge is 0.309 e. The summed E-state index contributed by atoms with van der Waals surface area (Å²) >= 11 is 0. The highest BCUT2D eigenvalue weighted by Crippen LogP contribution is 2.16. The summed E-state index contributed by atoms with van der Waals surface area (Å²) in [6, 6.07) is 10.3. The van der Waals surface area contributed by atoms with Crippen molar-refractivity contribution in [2.45, 2.75) is 57.4 Å². The molecule has 4 nitrogen and oxygen atoms in total. The molecular weight excluding hydrogens is 276 g/mol. The molecule has 1 saturated carbocycles. The fourth-order valence-corrected chi connectivity index (χ4v) is 2.89. The molecule has 0 unspecified atom stereocenters. The van der Waals surface area contributed by atoms with Gasteiger partial charge in [0.2, 0.25) is 0 Å². The number of hydrogen-bond acceptors (Lipinski definition) is 2. The van der Waals surface area contributed by atoms with Crippen molar-refractivity contribution >= 4 is 11.8 Å². The van der Waals surface area contributed by atoms with Crippen molar-refractivity contribution in [3.05, 3.63) is 35.9 Å². The monoisotopic (exact) mass is 302 g/mol. The Kier molecular flexibility index (Phi) is 6.94. The van der Waals surface area contributed by atoms with Crippen molar-refractivity contribution in [1.82, 2.24) is 10.6 Å². The minimum Gasteiger partial charge on any atom is -0.348 e. The lowest BCUT2D eigenvalue weighted by molar-refractivity contribution is -0.139. The molecule has 120 valence electrons. The highest BCUT2D eigenvalue weighted by molar-refractivity contribution is 6.35. The molecule has 0 atom stereocenters. The zero-order valence-electron chi connectivity index (χ0n) is 13.1. The van der Waals surface area contributed by atoms with Crippen molar-refractivity contribution in [3.63, 3.8) is 0 Å². The molecule has 0 aromatic heterocycles. The van der Waals surface area contributed by atoms with Crippen molar-refractivity contribution in [3.8, 4) is 0 Å². The van der Waals surface area contributed by atoms with Gasteiger partial charge >= 0.3 is 11.8 Å². The molecule has 0 radical (unpaired) electrons. The molecule has 0 bridgehead atoms. The Morgan fingerprint density at radius 1 is 0.955 bits per heavy atom. The highest BCUT2D eigenvalue weighted by Gasteiger charge is 2.19. The first-order valence-electron chi connectivity index (χ1n) is 8.38. The average molecular weight is 302 g/mol. The van der Waals surface area contributed by atoms with E-state index in [1.165, 1.54) is 18.4 Å². The second-order valence-corrected chi connectivity index (χ2v) is 6.01. The van der Waals surface area contributed by atoms with Crippen LogP contribution in [-0.4, -0.2) is 24.4 Å². The minimum atomic E-state index is -0.502. The number of aryl methyl sites for hydroxylation is 1. The Labute approximate surface area is 132 Å². The van der Waals surface area contributed by atoms with Crippen LogP contribution < -0.4 is 10.6 Å². The number of carbonyl (C=O) groups excluding carboxylic acids is 2. The molecule has 22 heavy (non-hydrogen) atoms. The Bertz CT molecular complexity index is 465. The van der Waals surface area contributed by atoms with Crippen LogP contribution in [0.25, 0.3) is 0 Å². The summed E-state index contributed by atoms with van der Waals surface area (Å²) in [7, 11) is 0. The van der Waals surface area contributed by atoms with E-state index in [4.69, 9.17) is 0 Å². The molecule has 0 spiro atoms. The van der Waals surface area contributed by atoms with Crippen molar-refractivity contribution in [1.29, 1.82) is 0 Å². The van der Waals surface area contributed by atoms with Gasteiger partial charge in [-0.3, -0.25) is 9.59 Å². The van der Waals surface area contributed by atoms with Gasteiger partial charge in [0, 0.05) is 12.6 Å². The molecule has 0 heterocycles. The predicted octanol–water partition coefficient (Wildman–Crippen LogP) is 2.57. The van der Waals surface area contributed by atoms with Crippen LogP contribution in [0.3, 0.4) is 0 Å². The number of carbonyl (C=O) groups is 2. The van der Waals surface area contributed by atoms with Gasteiger partial charge in [-0.1, -0.05) is 56.0 Å². The van der Waals surface area contributed by atoms with Crippen LogP contribution in [0, 0.1) is 0 Å². The van der Waals surface area contributed by atoms with E-state index in [0.717, 1.165) is 38.5 Å². The first-order valence-corrected chi connectivity index (χ1v) is 8.38. The lowest BCUT2D eigenvalue weighted by atomic mass is 10.1. The molecule has 1 aliphatic carbocycles. The largest absolute Gasteiger partial charge is 0.348 e. The van der Waals surface area contributed by atoms with Crippen LogP contribution in [0.5, 0.6) is 0 Å². The molecule has 1 aromatic carbocycles. The number of benzene rings is 1. The molecule has 2 N–H and O–H groups in total. The first-order chi connectivity index (χ1) is 10.8. The molecule has 4 heteroatoms. The normalized spacial score (nSPS) is 15.8. The summed E-state index contributed by atoms with van der Waals surface area (Å²) in [5.74, 6) is -0.982. The molecule has 0 aliphatic heterocycles. The van der Waals surface area contributed by atoms with Gasteiger partial charge in [-0.15, -0.1) is 0 Å². The molecule has 2 rings (SSSR count). The Morgan fingerprint density at radius 2 is 1.64 bits per heavy atom. The molecule has 0 saturated heterocycles. The van der Waals surface area contributed by atoms with E-state index in [1.54, 1.807) is 0 Å². The summed E-state index contributed by atoms with van der Waals surface area (Å²) < 4.78 is 0. The molecule has 1 aromatic rings. The maximum absolute atomic E-state index is 11.9. The van der Waals surface area contributed by atoms with E-state index in [2.05, 4.69) is 22.8 Å². The SMILES string of the molecule is O=C(NCCCc1ccccc1)C(=O)NC1CCCCCC1. The van der Waals surface area contributed by atoms with E-state index in [1.807, 2.05) is 18.2 Å². The maximum Gasteiger partial charge on any atom is 0.309 e. The highest BCUT2D eigenvalue weighted by atomic mass is 16.2. The van der Waals surface area contributed by atoms with Gasteiger partial charge in [-0.25, -0.2) is 0 Å². The lowest BCUT2D eigenvalue weighted by Gasteiger charge is -2.15. The third-order valence-electron chi connectivity index (χ3n) is 4.17. The average Bonchev–Trinajstić information content (AvgIpc) is 2.81. The van der Waals surface area contributed by atoms with E-state index in [-0.39, 0.29) is 6.04 Å². The van der Waals surface area contributed by atoms with Crippen LogP contribution in [0.4, 0.5) is 0 Å². The van der Waals surface area contributed by atoms with Gasteiger partial charge in [0.05, 0.1) is 0 Å². The number of rotatable bonds is 5. The van der Waals surface area contributed by atoms with Gasteiger partial charge in [0.1, 0.15) is 0 Å². The Hall–Kier alpha value is -1.84. The standard InChI is InChI=1S/C18H26N2O2/c21-17(18(22)20-16-12-6-1-2-7-13-16)19-14-8-11-15-9-4-3-5-10-15/h3-5,9-10,16H,1-2,6-8,11-14H2,(H,19,21)(H,20,22). The third-order valence-corrected chi connectivity index (χ3v) is 4.17. The third kappa shape index (κ3) is 5.88. The zero-order valence-corrected chi connectivity index (χ0v) is 13.1. The number of nitrogens with one attached hydrogen (secondary N) is 2. The summed E-state index contributed by atoms with van der Waals surface area (Å²) in [6.45, 7) is 0.534. The summed E-state index contributed by atoms with van der Waals surface area (Å²) in [6.07, 6.45) is 8.49. The van der Waals surface area contributed by atoms with Crippen molar-refractivity contribution in [2.75, 3.05) is 6.54 Å². The van der Waals surface area contributed by atoms with E-state index >= 15 is 0 Å². The summed E-state index contributed by atoms with van der Waals surface area (Å²) in [5, 5.41) is 5.57. The fourth-order valence-electron chi connectivity index (χ4n) is 2.89. The first kappa shape index (κ1) is 16.5. The summed E-state index contributed by atoms with van der Waals surface area (Å²) in [5.41, 5.74) is 1.25. The van der Waals surface area contributed by atoms with Gasteiger partial charge < -0.3 is 10.6 Å². The second-order valence-electron chi connectivity index (χ2n) is 6.01. The predicted molar refractivity (Wildman–Crippen MR) is 87.4 cm³/mol. The quantitative estimate of drug-likeness (QED) is 0.499. The molecule has 1 aliphatic rings. The van der Waals surface area contributed by atoms with Crippen LogP contribution in [0.2, 0.25) is 0 Å². The number of amides is 2. The van der Waals surface area contributed by atoms with Crippen LogP contribution >= 0.6 is 0 Å². The van der Waals surface area contributed by atoms with Crippen LogP contribution in [0.15, 0.2) is 30.3 Å². The topological polar surface area (TPSA) is 58.2 Å². The Balaban J connectivity index is 1.62. The zero-order chi connectivity index (χ0) is 15.6. The van der Waals surface area contributed by atoms with Gasteiger partial charge in [0.15, 0.2) is 0 Å². The Morgan fingerprint density at radius 3 is 2.32 bits per heavy atom. The second kappa shape index (κ2) is 9.23. The molecular formula is C18H26N2O2. The number of hydrogen-bond donors (Lipinski definition) is 2. The van der Waals surface area contributed by atoms with Crippen LogP contribution in [-0.2, 0) is 16.0 Å². The minimum absolute atomic E-state index is 0.171.